The van der Waals surface area contributed by atoms with Gasteiger partial charge in [-0.25, -0.2) is 0 Å². The van der Waals surface area contributed by atoms with E-state index in [4.69, 9.17) is 11.6 Å². The number of nitrogens with zero attached hydrogens (tertiary/aromatic N) is 1. The van der Waals surface area contributed by atoms with Gasteiger partial charge in [-0.15, -0.1) is 11.6 Å². The molecule has 0 radical (unpaired) electrons. The minimum atomic E-state index is -0.0128. The van der Waals surface area contributed by atoms with E-state index in [1.165, 1.54) is 19.3 Å². The van der Waals surface area contributed by atoms with Crippen LogP contribution in [0.25, 0.3) is 0 Å². The maximum Gasteiger partial charge on any atom is 0.253 e. The van der Waals surface area contributed by atoms with Crippen LogP contribution in [0.2, 0.25) is 0 Å². The minimum absolute atomic E-state index is 0.00787. The molecule has 3 rings (SSSR count). The number of halogens is 1. The molecule has 2 fully saturated rings. The highest BCUT2D eigenvalue weighted by molar-refractivity contribution is 6.20. The number of pyridine rings is 1. The molecule has 1 saturated heterocycles. The molecule has 1 aromatic rings. The number of rotatable bonds is 3. The topological polar surface area (TPSA) is 54.0 Å². The van der Waals surface area contributed by atoms with Gasteiger partial charge in [0.2, 0.25) is 0 Å². The molecule has 22 heavy (non-hydrogen) atoms. The van der Waals surface area contributed by atoms with Gasteiger partial charge in [0.05, 0.1) is 11.1 Å². The molecule has 1 saturated carbocycles. The molecule has 0 spiro atoms. The quantitative estimate of drug-likeness (QED) is 0.661. The lowest BCUT2D eigenvalue weighted by atomic mass is 9.93. The number of carbonyl (C=O) groups is 1. The second kappa shape index (κ2) is 7.42. The molecule has 1 aliphatic carbocycles. The highest BCUT2D eigenvalue weighted by Crippen LogP contribution is 2.29. The van der Waals surface area contributed by atoms with Gasteiger partial charge in [0, 0.05) is 24.5 Å². The summed E-state index contributed by atoms with van der Waals surface area (Å²) in [5, 5.41) is 6.58. The maximum atomic E-state index is 12.6. The average molecular weight is 322 g/mol. The van der Waals surface area contributed by atoms with Crippen molar-refractivity contribution in [2.45, 2.75) is 69.0 Å². The molecule has 120 valence electrons. The molecule has 1 aliphatic heterocycles. The Bertz CT molecular complexity index is 516. The molecule has 5 heteroatoms. The van der Waals surface area contributed by atoms with Crippen molar-refractivity contribution >= 4 is 17.5 Å². The standard InChI is InChI=1S/C17H24ClN3O/c18-16-8-4-7-15(21-16)13-9-10-19-11-14(13)17(22)20-12-5-2-1-3-6-12/h9-12,15-16,21H,1-8H2,(H,20,22). The fourth-order valence-electron chi connectivity index (χ4n) is 3.54. The van der Waals surface area contributed by atoms with Gasteiger partial charge < -0.3 is 5.32 Å². The predicted octanol–water partition coefficient (Wildman–Crippen LogP) is 3.52. The third kappa shape index (κ3) is 3.79. The zero-order valence-electron chi connectivity index (χ0n) is 12.9. The third-order valence-electron chi connectivity index (χ3n) is 4.75. The molecule has 1 aromatic heterocycles. The Hall–Kier alpha value is -1.13. The fourth-order valence-corrected chi connectivity index (χ4v) is 3.85. The summed E-state index contributed by atoms with van der Waals surface area (Å²) in [4.78, 5) is 16.8. The molecule has 2 aliphatic rings. The molecule has 2 atom stereocenters. The number of aromatic nitrogens is 1. The number of amides is 1. The van der Waals surface area contributed by atoms with Crippen LogP contribution >= 0.6 is 11.6 Å². The first-order valence-electron chi connectivity index (χ1n) is 8.39. The van der Waals surface area contributed by atoms with E-state index in [0.29, 0.717) is 11.6 Å². The number of hydrogen-bond donors (Lipinski definition) is 2. The third-order valence-corrected chi connectivity index (χ3v) is 5.09. The van der Waals surface area contributed by atoms with Gasteiger partial charge in [0.25, 0.3) is 5.91 Å². The molecule has 2 heterocycles. The van der Waals surface area contributed by atoms with Crippen LogP contribution in [0.4, 0.5) is 0 Å². The minimum Gasteiger partial charge on any atom is -0.349 e. The molecular weight excluding hydrogens is 298 g/mol. The summed E-state index contributed by atoms with van der Waals surface area (Å²) in [6.07, 6.45) is 12.4. The van der Waals surface area contributed by atoms with Gasteiger partial charge in [-0.3, -0.25) is 15.1 Å². The van der Waals surface area contributed by atoms with Crippen LogP contribution in [0.5, 0.6) is 0 Å². The Morgan fingerprint density at radius 3 is 2.77 bits per heavy atom. The van der Waals surface area contributed by atoms with E-state index in [1.54, 1.807) is 12.4 Å². The van der Waals surface area contributed by atoms with Crippen molar-refractivity contribution in [3.63, 3.8) is 0 Å². The van der Waals surface area contributed by atoms with Gasteiger partial charge in [0.1, 0.15) is 0 Å². The summed E-state index contributed by atoms with van der Waals surface area (Å²) >= 11 is 6.22. The molecule has 0 bridgehead atoms. The second-order valence-corrected chi connectivity index (χ2v) is 6.92. The zero-order valence-corrected chi connectivity index (χ0v) is 13.6. The van der Waals surface area contributed by atoms with E-state index in [-0.39, 0.29) is 17.5 Å². The molecule has 0 aromatic carbocycles. The van der Waals surface area contributed by atoms with E-state index in [1.807, 2.05) is 6.07 Å². The van der Waals surface area contributed by atoms with Crippen LogP contribution in [0, 0.1) is 0 Å². The Balaban J connectivity index is 1.73. The first-order chi connectivity index (χ1) is 10.7. The lowest BCUT2D eigenvalue weighted by molar-refractivity contribution is 0.0925. The van der Waals surface area contributed by atoms with Crippen LogP contribution in [-0.2, 0) is 0 Å². The first-order valence-corrected chi connectivity index (χ1v) is 8.82. The molecule has 1 amide bonds. The van der Waals surface area contributed by atoms with Crippen LogP contribution in [0.15, 0.2) is 18.5 Å². The highest BCUT2D eigenvalue weighted by Gasteiger charge is 2.25. The van der Waals surface area contributed by atoms with E-state index in [9.17, 15) is 4.79 Å². The van der Waals surface area contributed by atoms with Crippen LogP contribution in [0.3, 0.4) is 0 Å². The lowest BCUT2D eigenvalue weighted by Crippen LogP contribution is -2.38. The van der Waals surface area contributed by atoms with Gasteiger partial charge in [0.15, 0.2) is 0 Å². The van der Waals surface area contributed by atoms with E-state index in [2.05, 4.69) is 15.6 Å². The van der Waals surface area contributed by atoms with Crippen molar-refractivity contribution in [2.24, 2.45) is 0 Å². The summed E-state index contributed by atoms with van der Waals surface area (Å²) in [7, 11) is 0. The number of alkyl halides is 1. The molecule has 4 nitrogen and oxygen atoms in total. The van der Waals surface area contributed by atoms with E-state index >= 15 is 0 Å². The van der Waals surface area contributed by atoms with Crippen molar-refractivity contribution in [3.05, 3.63) is 29.6 Å². The predicted molar refractivity (Wildman–Crippen MR) is 87.9 cm³/mol. The normalized spacial score (nSPS) is 26.6. The summed E-state index contributed by atoms with van der Waals surface area (Å²) < 4.78 is 0. The lowest BCUT2D eigenvalue weighted by Gasteiger charge is -2.29. The van der Waals surface area contributed by atoms with Crippen LogP contribution in [0.1, 0.15) is 73.3 Å². The summed E-state index contributed by atoms with van der Waals surface area (Å²) in [6, 6.07) is 2.41. The van der Waals surface area contributed by atoms with Crippen molar-refractivity contribution in [2.75, 3.05) is 0 Å². The zero-order chi connectivity index (χ0) is 15.4. The smallest absolute Gasteiger partial charge is 0.253 e. The Morgan fingerprint density at radius 1 is 1.18 bits per heavy atom. The van der Waals surface area contributed by atoms with E-state index < -0.39 is 0 Å². The SMILES string of the molecule is O=C(NC1CCCCC1)c1cnccc1C1CCCC(Cl)N1. The van der Waals surface area contributed by atoms with Gasteiger partial charge in [-0.1, -0.05) is 19.3 Å². The van der Waals surface area contributed by atoms with Gasteiger partial charge in [-0.2, -0.15) is 0 Å². The Kier molecular flexibility index (Phi) is 5.32. The Morgan fingerprint density at radius 2 is 2.00 bits per heavy atom. The second-order valence-electron chi connectivity index (χ2n) is 6.39. The highest BCUT2D eigenvalue weighted by atomic mass is 35.5. The number of hydrogen-bond acceptors (Lipinski definition) is 3. The average Bonchev–Trinajstić information content (AvgIpc) is 2.56. The van der Waals surface area contributed by atoms with Crippen LogP contribution in [-0.4, -0.2) is 22.4 Å². The van der Waals surface area contributed by atoms with Crippen molar-refractivity contribution in [3.8, 4) is 0 Å². The van der Waals surface area contributed by atoms with Gasteiger partial charge >= 0.3 is 0 Å². The molecule has 2 unspecified atom stereocenters. The summed E-state index contributed by atoms with van der Waals surface area (Å²) in [5.74, 6) is 0.00787. The van der Waals surface area contributed by atoms with Crippen molar-refractivity contribution < 1.29 is 4.79 Å². The number of piperidine rings is 1. The molecular formula is C17H24ClN3O. The maximum absolute atomic E-state index is 12.6. The summed E-state index contributed by atoms with van der Waals surface area (Å²) in [5.41, 5.74) is 1.70. The number of carbonyl (C=O) groups excluding carboxylic acids is 1. The fraction of sp³-hybridized carbons (Fsp3) is 0.647. The van der Waals surface area contributed by atoms with Crippen molar-refractivity contribution in [1.82, 2.24) is 15.6 Å². The van der Waals surface area contributed by atoms with Crippen molar-refractivity contribution in [1.29, 1.82) is 0 Å². The number of nitrogens with one attached hydrogen (secondary N) is 2. The summed E-state index contributed by atoms with van der Waals surface area (Å²) in [6.45, 7) is 0. The largest absolute Gasteiger partial charge is 0.349 e. The van der Waals surface area contributed by atoms with Gasteiger partial charge in [-0.05, 0) is 43.7 Å². The Labute approximate surface area is 137 Å². The molecule has 2 N–H and O–H groups in total. The van der Waals surface area contributed by atoms with Crippen LogP contribution < -0.4 is 10.6 Å². The van der Waals surface area contributed by atoms with E-state index in [0.717, 1.165) is 37.7 Å². The first kappa shape index (κ1) is 15.8. The monoisotopic (exact) mass is 321 g/mol.